The van der Waals surface area contributed by atoms with Crippen molar-refractivity contribution in [1.29, 1.82) is 0 Å². The van der Waals surface area contributed by atoms with Crippen molar-refractivity contribution < 1.29 is 0 Å². The minimum absolute atomic E-state index is 1.02. The van der Waals surface area contributed by atoms with Crippen LogP contribution in [-0.2, 0) is 0 Å². The van der Waals surface area contributed by atoms with Crippen molar-refractivity contribution in [2.24, 2.45) is 0 Å². The van der Waals surface area contributed by atoms with Crippen LogP contribution in [0.5, 0.6) is 0 Å². The molecule has 0 aromatic carbocycles. The van der Waals surface area contributed by atoms with Gasteiger partial charge in [0.15, 0.2) is 0 Å². The van der Waals surface area contributed by atoms with Crippen LogP contribution >= 0.6 is 23.5 Å². The summed E-state index contributed by atoms with van der Waals surface area (Å²) in [7, 11) is 0. The second-order valence-corrected chi connectivity index (χ2v) is 18.1. The molecule has 3 saturated heterocycles. The maximum absolute atomic E-state index is 2.21. The molecule has 3 aliphatic rings. The van der Waals surface area contributed by atoms with Gasteiger partial charge in [-0.3, -0.25) is 0 Å². The maximum atomic E-state index is 2.21. The summed E-state index contributed by atoms with van der Waals surface area (Å²) in [6.07, 6.45) is 3.13. The van der Waals surface area contributed by atoms with Crippen molar-refractivity contribution >= 4 is 98.0 Å². The Hall–Kier alpha value is 3.32. The molecule has 3 fully saturated rings. The van der Waals surface area contributed by atoms with E-state index in [0.717, 1.165) is 48.3 Å². The van der Waals surface area contributed by atoms with Gasteiger partial charge in [-0.15, -0.1) is 0 Å². The monoisotopic (exact) mass is 634 g/mol. The van der Waals surface area contributed by atoms with Crippen LogP contribution < -0.4 is 0 Å². The molecule has 0 aromatic heterocycles. The van der Waals surface area contributed by atoms with Gasteiger partial charge in [0.25, 0.3) is 0 Å². The minimum atomic E-state index is 1.02. The standard InChI is InChI=1S/C11H18S2Se2Te2/c16-8(1-6-3-12-6)10-11(15-5-14-10)9(17)2-7-4-13-7/h6-11,16-17H,1-5H2. The summed E-state index contributed by atoms with van der Waals surface area (Å²) in [5.74, 6) is 2.96. The Balaban J connectivity index is 1.53. The van der Waals surface area contributed by atoms with E-state index in [1.54, 1.807) is 17.1 Å². The van der Waals surface area contributed by atoms with E-state index >= 15 is 0 Å². The quantitative estimate of drug-likeness (QED) is 0.326. The molecule has 0 spiro atoms. The van der Waals surface area contributed by atoms with Gasteiger partial charge in [-0.2, -0.15) is 0 Å². The third-order valence-electron chi connectivity index (χ3n) is 3.42. The van der Waals surface area contributed by atoms with Gasteiger partial charge in [-0.1, -0.05) is 0 Å². The first-order valence-corrected chi connectivity index (χ1v) is 15.5. The van der Waals surface area contributed by atoms with Crippen LogP contribution in [0.2, 0.25) is 21.8 Å². The fourth-order valence-electron chi connectivity index (χ4n) is 2.26. The van der Waals surface area contributed by atoms with E-state index in [4.69, 9.17) is 0 Å². The van der Waals surface area contributed by atoms with E-state index in [2.05, 4.69) is 68.1 Å². The number of thioether (sulfide) groups is 2. The predicted octanol–water partition coefficient (Wildman–Crippen LogP) is 1.75. The average molecular weight is 628 g/mol. The molecule has 17 heavy (non-hydrogen) atoms. The van der Waals surface area contributed by atoms with Crippen molar-refractivity contribution in [3.63, 3.8) is 0 Å². The van der Waals surface area contributed by atoms with E-state index in [9.17, 15) is 0 Å². The van der Waals surface area contributed by atoms with Crippen molar-refractivity contribution in [2.45, 2.75) is 45.1 Å². The molecule has 0 nitrogen and oxygen atoms in total. The van der Waals surface area contributed by atoms with Crippen LogP contribution in [0.1, 0.15) is 12.8 Å². The molecule has 0 radical (unpaired) electrons. The van der Waals surface area contributed by atoms with E-state index in [-0.39, 0.29) is 0 Å². The Kier molecular flexibility index (Phi) is 6.32. The summed E-state index contributed by atoms with van der Waals surface area (Å²) in [4.78, 5) is 2.38. The molecular formula is C11H18S2Se2Te2. The van der Waals surface area contributed by atoms with E-state index in [1.165, 1.54) is 21.1 Å². The average Bonchev–Trinajstić information content (AvgIpc) is 3.21. The Labute approximate surface area is 152 Å². The van der Waals surface area contributed by atoms with Crippen LogP contribution in [0.3, 0.4) is 0 Å². The van der Waals surface area contributed by atoms with Crippen molar-refractivity contribution in [3.05, 3.63) is 0 Å². The van der Waals surface area contributed by atoms with Gasteiger partial charge in [-0.05, 0) is 0 Å². The second-order valence-electron chi connectivity index (χ2n) is 4.90. The Bertz CT molecular complexity index is 248. The number of rotatable bonds is 6. The molecule has 3 aliphatic heterocycles. The SMILES string of the molecule is [TeH]C(CC1CS1)C1[Se]C[Se]C1C([TeH])CC1CS1. The summed E-state index contributed by atoms with van der Waals surface area (Å²) < 4.78 is 3.85. The van der Waals surface area contributed by atoms with Crippen LogP contribution in [0.15, 0.2) is 0 Å². The summed E-state index contributed by atoms with van der Waals surface area (Å²) >= 11 is 10.8. The van der Waals surface area contributed by atoms with Gasteiger partial charge in [0, 0.05) is 0 Å². The van der Waals surface area contributed by atoms with Crippen molar-refractivity contribution in [2.75, 3.05) is 11.5 Å². The molecule has 0 aliphatic carbocycles. The van der Waals surface area contributed by atoms with Gasteiger partial charge >= 0.3 is 155 Å². The third kappa shape index (κ3) is 4.64. The fraction of sp³-hybridized carbons (Fsp3) is 1.00. The van der Waals surface area contributed by atoms with Crippen LogP contribution in [0.4, 0.5) is 0 Å². The first kappa shape index (κ1) is 15.2. The Morgan fingerprint density at radius 1 is 0.941 bits per heavy atom. The summed E-state index contributed by atoms with van der Waals surface area (Å²) in [6, 6.07) is 0. The van der Waals surface area contributed by atoms with E-state index < -0.39 is 0 Å². The van der Waals surface area contributed by atoms with Gasteiger partial charge in [0.05, 0.1) is 0 Å². The van der Waals surface area contributed by atoms with Crippen LogP contribution in [0, 0.1) is 0 Å². The number of hydrogen-bond acceptors (Lipinski definition) is 2. The molecule has 98 valence electrons. The molecule has 0 N–H and O–H groups in total. The number of hydrogen-bond donors (Lipinski definition) is 0. The first-order chi connectivity index (χ1) is 8.24. The van der Waals surface area contributed by atoms with Gasteiger partial charge in [0.1, 0.15) is 0 Å². The zero-order valence-corrected chi connectivity index (χ0v) is 19.7. The molecule has 6 unspecified atom stereocenters. The molecule has 0 aromatic rings. The Morgan fingerprint density at radius 3 is 1.71 bits per heavy atom. The van der Waals surface area contributed by atoms with Gasteiger partial charge < -0.3 is 0 Å². The van der Waals surface area contributed by atoms with E-state index in [1.807, 2.05) is 0 Å². The zero-order valence-electron chi connectivity index (χ0n) is 9.53. The second kappa shape index (κ2) is 7.05. The Morgan fingerprint density at radius 2 is 1.35 bits per heavy atom. The summed E-state index contributed by atoms with van der Waals surface area (Å²) in [5, 5.41) is 2.15. The zero-order chi connectivity index (χ0) is 11.8. The van der Waals surface area contributed by atoms with Crippen molar-refractivity contribution in [3.8, 4) is 0 Å². The molecule has 0 saturated carbocycles. The van der Waals surface area contributed by atoms with E-state index in [0.29, 0.717) is 0 Å². The molecule has 6 heteroatoms. The molecule has 0 amide bonds. The van der Waals surface area contributed by atoms with Crippen molar-refractivity contribution in [1.82, 2.24) is 0 Å². The molecule has 3 rings (SSSR count). The summed E-state index contributed by atoms with van der Waals surface area (Å²) in [5.41, 5.74) is 0. The van der Waals surface area contributed by atoms with Crippen LogP contribution in [0.25, 0.3) is 0 Å². The fourth-order valence-corrected chi connectivity index (χ4v) is 20.8. The summed E-state index contributed by atoms with van der Waals surface area (Å²) in [6.45, 7) is 0. The molecule has 6 atom stereocenters. The molecular weight excluding hydrogens is 609 g/mol. The van der Waals surface area contributed by atoms with Gasteiger partial charge in [-0.25, -0.2) is 0 Å². The predicted molar refractivity (Wildman–Crippen MR) is 87.3 cm³/mol. The normalized spacial score (nSPS) is 43.4. The van der Waals surface area contributed by atoms with Crippen LogP contribution in [-0.4, -0.2) is 96.5 Å². The molecule has 0 bridgehead atoms. The van der Waals surface area contributed by atoms with Gasteiger partial charge in [0.2, 0.25) is 0 Å². The topological polar surface area (TPSA) is 0 Å². The third-order valence-corrected chi connectivity index (χ3v) is 19.8. The first-order valence-electron chi connectivity index (χ1n) is 6.06. The molecule has 3 heterocycles.